The lowest BCUT2D eigenvalue weighted by molar-refractivity contribution is -0.127. The second kappa shape index (κ2) is 14.9. The Bertz CT molecular complexity index is 1820. The number of thiophene rings is 1. The van der Waals surface area contributed by atoms with Crippen LogP contribution in [-0.4, -0.2) is 48.3 Å². The van der Waals surface area contributed by atoms with Crippen molar-refractivity contribution in [2.75, 3.05) is 13.1 Å². The second-order valence-electron chi connectivity index (χ2n) is 14.3. The molecule has 254 valence electrons. The molecule has 6 rings (SSSR count). The van der Waals surface area contributed by atoms with Crippen molar-refractivity contribution in [3.8, 4) is 0 Å². The van der Waals surface area contributed by atoms with E-state index in [4.69, 9.17) is 4.98 Å². The molecule has 4 heterocycles. The molecule has 5 aromatic rings. The van der Waals surface area contributed by atoms with E-state index in [0.29, 0.717) is 12.2 Å². The third kappa shape index (κ3) is 7.20. The number of aryl methyl sites for hydroxylation is 4. The molecule has 2 aromatic carbocycles. The number of nitrogens with zero attached hydrogens (tertiary/aromatic N) is 6. The highest BCUT2D eigenvalue weighted by Crippen LogP contribution is 2.47. The number of rotatable bonds is 14. The lowest BCUT2D eigenvalue weighted by Crippen LogP contribution is -2.34. The summed E-state index contributed by atoms with van der Waals surface area (Å²) in [5.41, 5.74) is 6.20. The normalized spacial score (nSPS) is 15.4. The summed E-state index contributed by atoms with van der Waals surface area (Å²) in [5.74, 6) is 2.20. The van der Waals surface area contributed by atoms with Gasteiger partial charge in [0, 0.05) is 53.0 Å². The maximum atomic E-state index is 14.2. The maximum Gasteiger partial charge on any atom is 0.139 e. The standard InChI is InChI=1S/C40H52N6OS/c1-7-30-19-22-44(23-20-30)27-37-41-21-24-45(37)26-32-25-35(48-29(32)4)38(33-17-18-34-39(28(33)3)42-43-46(34)8-2)40(5,6)36(47)16-12-15-31-13-10-9-11-14-31/h9-11,13-14,17-18,21,24-25,30,38H,7-8,12,15-16,19-20,22-23,26-27H2,1-6H3/t38-/m1/s1. The van der Waals surface area contributed by atoms with Gasteiger partial charge in [0.15, 0.2) is 0 Å². The van der Waals surface area contributed by atoms with Gasteiger partial charge in [0.2, 0.25) is 0 Å². The molecular formula is C40H52N6OS. The molecule has 7 nitrogen and oxygen atoms in total. The van der Waals surface area contributed by atoms with Crippen molar-refractivity contribution < 1.29 is 4.79 Å². The predicted octanol–water partition coefficient (Wildman–Crippen LogP) is 8.75. The Morgan fingerprint density at radius 2 is 1.81 bits per heavy atom. The number of hydrogen-bond donors (Lipinski definition) is 0. The molecule has 0 unspecified atom stereocenters. The van der Waals surface area contributed by atoms with Crippen LogP contribution >= 0.6 is 11.3 Å². The van der Waals surface area contributed by atoms with Gasteiger partial charge in [-0.2, -0.15) is 0 Å². The minimum Gasteiger partial charge on any atom is -0.329 e. The molecule has 0 amide bonds. The van der Waals surface area contributed by atoms with E-state index in [1.54, 1.807) is 0 Å². The molecule has 0 N–H and O–H groups in total. The number of carbonyl (C=O) groups excluding carboxylic acids is 1. The zero-order chi connectivity index (χ0) is 33.8. The molecule has 0 aliphatic carbocycles. The predicted molar refractivity (Wildman–Crippen MR) is 197 cm³/mol. The zero-order valence-electron chi connectivity index (χ0n) is 29.7. The maximum absolute atomic E-state index is 14.2. The number of benzene rings is 2. The van der Waals surface area contributed by atoms with Gasteiger partial charge in [-0.15, -0.1) is 16.4 Å². The summed E-state index contributed by atoms with van der Waals surface area (Å²) in [7, 11) is 0. The van der Waals surface area contributed by atoms with Crippen LogP contribution in [0.3, 0.4) is 0 Å². The van der Waals surface area contributed by atoms with E-state index in [0.717, 1.165) is 73.9 Å². The summed E-state index contributed by atoms with van der Waals surface area (Å²) in [6.45, 7) is 17.8. The number of ketones is 1. The number of aromatic nitrogens is 5. The molecule has 1 saturated heterocycles. The van der Waals surface area contributed by atoms with Gasteiger partial charge in [-0.05, 0) is 99.8 Å². The lowest BCUT2D eigenvalue weighted by Gasteiger charge is -2.34. The van der Waals surface area contributed by atoms with Crippen molar-refractivity contribution in [3.05, 3.63) is 98.8 Å². The molecule has 1 aliphatic heterocycles. The summed E-state index contributed by atoms with van der Waals surface area (Å²) >= 11 is 1.83. The largest absolute Gasteiger partial charge is 0.329 e. The third-order valence-electron chi connectivity index (χ3n) is 10.9. The zero-order valence-corrected chi connectivity index (χ0v) is 30.5. The van der Waals surface area contributed by atoms with Crippen molar-refractivity contribution in [3.63, 3.8) is 0 Å². The van der Waals surface area contributed by atoms with Gasteiger partial charge in [-0.3, -0.25) is 9.69 Å². The van der Waals surface area contributed by atoms with Crippen LogP contribution in [-0.2, 0) is 30.8 Å². The molecule has 1 atom stereocenters. The first-order valence-electron chi connectivity index (χ1n) is 17.9. The first-order chi connectivity index (χ1) is 23.2. The number of imidazole rings is 1. The number of hydrogen-bond acceptors (Lipinski definition) is 6. The summed E-state index contributed by atoms with van der Waals surface area (Å²) in [6, 6.07) is 17.2. The van der Waals surface area contributed by atoms with E-state index < -0.39 is 5.41 Å². The van der Waals surface area contributed by atoms with Gasteiger partial charge in [0.25, 0.3) is 0 Å². The van der Waals surface area contributed by atoms with Crippen molar-refractivity contribution in [2.45, 2.75) is 106 Å². The minimum atomic E-state index is -0.616. The monoisotopic (exact) mass is 664 g/mol. The number of fused-ring (bicyclic) bond motifs is 1. The van der Waals surface area contributed by atoms with Crippen LogP contribution in [0, 0.1) is 25.2 Å². The van der Waals surface area contributed by atoms with Gasteiger partial charge in [-0.25, -0.2) is 9.67 Å². The molecule has 1 fully saturated rings. The van der Waals surface area contributed by atoms with Crippen LogP contribution in [0.15, 0.2) is 60.9 Å². The van der Waals surface area contributed by atoms with E-state index in [9.17, 15) is 4.79 Å². The highest BCUT2D eigenvalue weighted by Gasteiger charge is 2.40. The van der Waals surface area contributed by atoms with Gasteiger partial charge in [0.05, 0.1) is 12.1 Å². The fourth-order valence-electron chi connectivity index (χ4n) is 7.62. The van der Waals surface area contributed by atoms with Crippen LogP contribution in [0.2, 0.25) is 0 Å². The fraction of sp³-hybridized carbons (Fsp3) is 0.500. The Balaban J connectivity index is 1.29. The molecule has 8 heteroatoms. The molecule has 0 radical (unpaired) electrons. The Morgan fingerprint density at radius 3 is 2.54 bits per heavy atom. The average molecular weight is 665 g/mol. The number of carbonyl (C=O) groups is 1. The minimum absolute atomic E-state index is 0.0996. The molecule has 1 aliphatic rings. The van der Waals surface area contributed by atoms with E-state index in [1.165, 1.54) is 45.7 Å². The average Bonchev–Trinajstić information content (AvgIpc) is 3.82. The van der Waals surface area contributed by atoms with Crippen LogP contribution in [0.25, 0.3) is 11.0 Å². The summed E-state index contributed by atoms with van der Waals surface area (Å²) in [5, 5.41) is 9.01. The van der Waals surface area contributed by atoms with Gasteiger partial charge in [0.1, 0.15) is 17.1 Å². The van der Waals surface area contributed by atoms with Gasteiger partial charge in [-0.1, -0.05) is 68.8 Å². The quantitative estimate of drug-likeness (QED) is 0.119. The molecule has 48 heavy (non-hydrogen) atoms. The first-order valence-corrected chi connectivity index (χ1v) is 18.7. The highest BCUT2D eigenvalue weighted by molar-refractivity contribution is 7.12. The summed E-state index contributed by atoms with van der Waals surface area (Å²) in [6.07, 6.45) is 10.2. The highest BCUT2D eigenvalue weighted by atomic mass is 32.1. The molecule has 0 bridgehead atoms. The van der Waals surface area contributed by atoms with E-state index in [-0.39, 0.29) is 5.92 Å². The Kier molecular flexibility index (Phi) is 10.6. The van der Waals surface area contributed by atoms with Gasteiger partial charge < -0.3 is 4.57 Å². The number of piperidine rings is 1. The molecule has 0 saturated carbocycles. The van der Waals surface area contributed by atoms with Crippen molar-refractivity contribution in [1.29, 1.82) is 0 Å². The third-order valence-corrected chi connectivity index (χ3v) is 12.0. The molecular weight excluding hydrogens is 613 g/mol. The van der Waals surface area contributed by atoms with Crippen LogP contribution in [0.4, 0.5) is 0 Å². The first kappa shape index (κ1) is 34.3. The topological polar surface area (TPSA) is 68.8 Å². The van der Waals surface area contributed by atoms with Crippen LogP contribution in [0.1, 0.15) is 104 Å². The van der Waals surface area contributed by atoms with Crippen molar-refractivity contribution in [2.24, 2.45) is 11.3 Å². The van der Waals surface area contributed by atoms with E-state index in [2.05, 4.69) is 110 Å². The fourth-order valence-corrected chi connectivity index (χ4v) is 8.97. The van der Waals surface area contributed by atoms with Gasteiger partial charge >= 0.3 is 0 Å². The SMILES string of the molecule is CCC1CCN(Cc2nccn2Cc2cc([C@@H](c3ccc4c(nnn4CC)c3C)C(C)(C)C(=O)CCCc3ccccc3)sc2C)CC1. The Labute approximate surface area is 290 Å². The van der Waals surface area contributed by atoms with E-state index >= 15 is 0 Å². The lowest BCUT2D eigenvalue weighted by atomic mass is 9.69. The number of likely N-dealkylation sites (tertiary alicyclic amines) is 1. The van der Waals surface area contributed by atoms with Crippen molar-refractivity contribution in [1.82, 2.24) is 29.4 Å². The second-order valence-corrected chi connectivity index (χ2v) is 15.6. The summed E-state index contributed by atoms with van der Waals surface area (Å²) in [4.78, 5) is 24.1. The number of Topliss-reactive ketones (excluding diaryl/α,β-unsaturated/α-hetero) is 1. The van der Waals surface area contributed by atoms with Crippen LogP contribution in [0.5, 0.6) is 0 Å². The Hall–Kier alpha value is -3.62. The summed E-state index contributed by atoms with van der Waals surface area (Å²) < 4.78 is 4.27. The van der Waals surface area contributed by atoms with E-state index in [1.807, 2.05) is 28.3 Å². The van der Waals surface area contributed by atoms with Crippen LogP contribution < -0.4 is 0 Å². The Morgan fingerprint density at radius 1 is 1.04 bits per heavy atom. The molecule has 3 aromatic heterocycles. The van der Waals surface area contributed by atoms with Crippen molar-refractivity contribution >= 4 is 28.2 Å². The molecule has 0 spiro atoms. The smallest absolute Gasteiger partial charge is 0.139 e.